The monoisotopic (exact) mass is 340 g/mol. The Labute approximate surface area is 136 Å². The van der Waals surface area contributed by atoms with E-state index >= 15 is 0 Å². The maximum atomic E-state index is 11.8. The number of amides is 3. The summed E-state index contributed by atoms with van der Waals surface area (Å²) in [5, 5.41) is 2.83. The number of cyclic esters (lactones) is 1. The molecule has 1 fully saturated rings. The quantitative estimate of drug-likeness (QED) is 0.787. The first-order chi connectivity index (χ1) is 11.0. The second kappa shape index (κ2) is 7.59. The average Bonchev–Trinajstić information content (AvgIpc) is 2.97. The van der Waals surface area contributed by atoms with Gasteiger partial charge < -0.3 is 14.8 Å². The van der Waals surface area contributed by atoms with Gasteiger partial charge in [0.1, 0.15) is 13.2 Å². The molecule has 1 aliphatic heterocycles. The van der Waals surface area contributed by atoms with Crippen molar-refractivity contribution in [2.24, 2.45) is 0 Å². The molecule has 1 heterocycles. The van der Waals surface area contributed by atoms with E-state index in [4.69, 9.17) is 16.3 Å². The fraction of sp³-hybridized carbons (Fsp3) is 0.286. The third kappa shape index (κ3) is 4.68. The Balaban J connectivity index is 1.72. The zero-order valence-electron chi connectivity index (χ0n) is 11.9. The van der Waals surface area contributed by atoms with Crippen LogP contribution in [0.2, 0.25) is 5.02 Å². The lowest BCUT2D eigenvalue weighted by Crippen LogP contribution is -2.37. The summed E-state index contributed by atoms with van der Waals surface area (Å²) in [7, 11) is 0. The van der Waals surface area contributed by atoms with Gasteiger partial charge in [0.25, 0.3) is 11.8 Å². The topological polar surface area (TPSA) is 102 Å². The molecule has 0 aliphatic carbocycles. The smallest absolute Gasteiger partial charge is 0.416 e. The van der Waals surface area contributed by atoms with Crippen LogP contribution in [0.25, 0.3) is 0 Å². The molecule has 0 spiro atoms. The first-order valence-corrected chi connectivity index (χ1v) is 7.01. The Morgan fingerprint density at radius 3 is 2.57 bits per heavy atom. The van der Waals surface area contributed by atoms with Gasteiger partial charge in [0.05, 0.1) is 6.54 Å². The predicted octanol–water partition coefficient (Wildman–Crippen LogP) is 0.592. The van der Waals surface area contributed by atoms with Crippen LogP contribution in [-0.2, 0) is 19.1 Å². The molecule has 0 saturated carbocycles. The van der Waals surface area contributed by atoms with Crippen LogP contribution < -0.4 is 5.32 Å². The number of carbonyl (C=O) groups excluding carboxylic acids is 4. The van der Waals surface area contributed by atoms with Crippen molar-refractivity contribution in [1.29, 1.82) is 0 Å². The Morgan fingerprint density at radius 1 is 1.26 bits per heavy atom. The zero-order valence-corrected chi connectivity index (χ0v) is 12.7. The highest BCUT2D eigenvalue weighted by molar-refractivity contribution is 6.30. The van der Waals surface area contributed by atoms with Gasteiger partial charge in [-0.25, -0.2) is 9.69 Å². The van der Waals surface area contributed by atoms with Gasteiger partial charge in [-0.2, -0.15) is 0 Å². The summed E-state index contributed by atoms with van der Waals surface area (Å²) in [6.07, 6.45) is -0.762. The zero-order chi connectivity index (χ0) is 16.8. The average molecular weight is 341 g/mol. The number of rotatable bonds is 5. The molecule has 0 radical (unpaired) electrons. The molecule has 1 aliphatic rings. The molecule has 1 N–H and O–H groups in total. The molecule has 1 saturated heterocycles. The molecular weight excluding hydrogens is 328 g/mol. The van der Waals surface area contributed by atoms with E-state index in [1.54, 1.807) is 12.1 Å². The normalized spacial score (nSPS) is 13.4. The number of carbonyl (C=O) groups is 4. The second-order valence-electron chi connectivity index (χ2n) is 4.51. The lowest BCUT2D eigenvalue weighted by Gasteiger charge is -2.11. The molecule has 0 unspecified atom stereocenters. The highest BCUT2D eigenvalue weighted by Gasteiger charge is 2.28. The number of nitrogens with zero attached hydrogens (tertiary/aromatic N) is 1. The van der Waals surface area contributed by atoms with E-state index in [2.05, 4.69) is 10.1 Å². The van der Waals surface area contributed by atoms with Crippen molar-refractivity contribution in [3.05, 3.63) is 34.9 Å². The van der Waals surface area contributed by atoms with Gasteiger partial charge in [0.2, 0.25) is 0 Å². The highest BCUT2D eigenvalue weighted by Crippen LogP contribution is 2.09. The molecule has 8 nitrogen and oxygen atoms in total. The van der Waals surface area contributed by atoms with Crippen LogP contribution in [0.4, 0.5) is 4.79 Å². The summed E-state index contributed by atoms with van der Waals surface area (Å²) in [6.45, 7) is -0.748. The summed E-state index contributed by atoms with van der Waals surface area (Å²) >= 11 is 5.70. The van der Waals surface area contributed by atoms with Crippen molar-refractivity contribution < 1.29 is 28.7 Å². The van der Waals surface area contributed by atoms with Crippen LogP contribution in [-0.4, -0.2) is 55.1 Å². The predicted molar refractivity (Wildman–Crippen MR) is 77.8 cm³/mol. The third-order valence-corrected chi connectivity index (χ3v) is 3.17. The summed E-state index contributed by atoms with van der Waals surface area (Å²) in [4.78, 5) is 46.8. The van der Waals surface area contributed by atoms with Gasteiger partial charge in [-0.3, -0.25) is 14.4 Å². The van der Waals surface area contributed by atoms with Crippen molar-refractivity contribution in [2.45, 2.75) is 0 Å². The molecule has 0 aromatic heterocycles. The summed E-state index contributed by atoms with van der Waals surface area (Å²) in [6, 6.07) is 6.10. The van der Waals surface area contributed by atoms with Crippen LogP contribution in [0.15, 0.2) is 24.3 Å². The van der Waals surface area contributed by atoms with E-state index in [0.717, 1.165) is 4.90 Å². The van der Waals surface area contributed by atoms with Crippen molar-refractivity contribution in [3.63, 3.8) is 0 Å². The van der Waals surface area contributed by atoms with Gasteiger partial charge in [0.15, 0.2) is 6.61 Å². The first-order valence-electron chi connectivity index (χ1n) is 6.64. The third-order valence-electron chi connectivity index (χ3n) is 2.92. The number of halogens is 1. The SMILES string of the molecule is O=C(CNC(=O)c1ccc(Cl)cc1)OCC(=O)N1CCOC1=O. The number of nitrogens with one attached hydrogen (secondary N) is 1. The molecule has 2 rings (SSSR count). The van der Waals surface area contributed by atoms with Crippen molar-refractivity contribution in [3.8, 4) is 0 Å². The first kappa shape index (κ1) is 16.8. The lowest BCUT2D eigenvalue weighted by molar-refractivity contribution is -0.149. The van der Waals surface area contributed by atoms with Gasteiger partial charge in [-0.05, 0) is 24.3 Å². The molecule has 3 amide bonds. The second-order valence-corrected chi connectivity index (χ2v) is 4.95. The largest absolute Gasteiger partial charge is 0.454 e. The van der Waals surface area contributed by atoms with Gasteiger partial charge in [-0.15, -0.1) is 0 Å². The molecule has 9 heteroatoms. The number of hydrogen-bond acceptors (Lipinski definition) is 6. The molecule has 122 valence electrons. The maximum absolute atomic E-state index is 11.8. The fourth-order valence-electron chi connectivity index (χ4n) is 1.75. The Kier molecular flexibility index (Phi) is 5.53. The number of benzene rings is 1. The minimum absolute atomic E-state index is 0.121. The standard InChI is InChI=1S/C14H13ClN2O6/c15-10-3-1-9(2-4-10)13(20)16-7-12(19)23-8-11(18)17-5-6-22-14(17)21/h1-4H,5-8H2,(H,16,20). The van der Waals surface area contributed by atoms with E-state index in [-0.39, 0.29) is 13.2 Å². The summed E-state index contributed by atoms with van der Waals surface area (Å²) < 4.78 is 9.29. The lowest BCUT2D eigenvalue weighted by atomic mass is 10.2. The van der Waals surface area contributed by atoms with Gasteiger partial charge >= 0.3 is 12.1 Å². The number of esters is 1. The number of imide groups is 1. The molecule has 0 bridgehead atoms. The molecular formula is C14H13ClN2O6. The van der Waals surface area contributed by atoms with Gasteiger partial charge in [-0.1, -0.05) is 11.6 Å². The molecule has 23 heavy (non-hydrogen) atoms. The number of ether oxygens (including phenoxy) is 2. The highest BCUT2D eigenvalue weighted by atomic mass is 35.5. The summed E-state index contributed by atoms with van der Waals surface area (Å²) in [5.74, 6) is -1.95. The summed E-state index contributed by atoms with van der Waals surface area (Å²) in [5.41, 5.74) is 0.332. The van der Waals surface area contributed by atoms with Crippen molar-refractivity contribution >= 4 is 35.5 Å². The van der Waals surface area contributed by atoms with E-state index in [9.17, 15) is 19.2 Å². The van der Waals surface area contributed by atoms with Crippen LogP contribution in [0.3, 0.4) is 0 Å². The Hall–Kier alpha value is -2.61. The van der Waals surface area contributed by atoms with E-state index in [0.29, 0.717) is 10.6 Å². The van der Waals surface area contributed by atoms with Crippen molar-refractivity contribution in [2.75, 3.05) is 26.3 Å². The minimum atomic E-state index is -0.798. The molecule has 0 atom stereocenters. The van der Waals surface area contributed by atoms with Crippen LogP contribution in [0.5, 0.6) is 0 Å². The van der Waals surface area contributed by atoms with E-state index in [1.165, 1.54) is 12.1 Å². The fourth-order valence-corrected chi connectivity index (χ4v) is 1.87. The molecule has 1 aromatic carbocycles. The van der Waals surface area contributed by atoms with Gasteiger partial charge in [0, 0.05) is 10.6 Å². The minimum Gasteiger partial charge on any atom is -0.454 e. The number of hydrogen-bond donors (Lipinski definition) is 1. The van der Waals surface area contributed by atoms with Crippen LogP contribution in [0.1, 0.15) is 10.4 Å². The molecule has 1 aromatic rings. The Bertz CT molecular complexity index is 631. The maximum Gasteiger partial charge on any atom is 0.416 e. The van der Waals surface area contributed by atoms with Crippen molar-refractivity contribution in [1.82, 2.24) is 10.2 Å². The van der Waals surface area contributed by atoms with Crippen LogP contribution in [0, 0.1) is 0 Å². The van der Waals surface area contributed by atoms with E-state index < -0.39 is 37.0 Å². The van der Waals surface area contributed by atoms with Crippen LogP contribution >= 0.6 is 11.6 Å². The Morgan fingerprint density at radius 2 is 1.96 bits per heavy atom. The van der Waals surface area contributed by atoms with E-state index in [1.807, 2.05) is 0 Å².